The molecule has 1 aliphatic heterocycles. The Kier molecular flexibility index (Phi) is 5.04. The number of rotatable bonds is 4. The lowest BCUT2D eigenvalue weighted by atomic mass is 10.1. The maximum Gasteiger partial charge on any atom is 0.234 e. The first-order chi connectivity index (χ1) is 11.9. The highest BCUT2D eigenvalue weighted by atomic mass is 32.2. The molecule has 0 aromatic heterocycles. The van der Waals surface area contributed by atoms with Crippen LogP contribution < -0.4 is 5.32 Å². The molecule has 1 N–H and O–H groups in total. The summed E-state index contributed by atoms with van der Waals surface area (Å²) in [5.74, 6) is 0.253. The van der Waals surface area contributed by atoms with Gasteiger partial charge in [-0.2, -0.15) is 0 Å². The monoisotopic (exact) mass is 351 g/mol. The molecule has 0 bridgehead atoms. The summed E-state index contributed by atoms with van der Waals surface area (Å²) < 4.78 is 0. The van der Waals surface area contributed by atoms with Crippen LogP contribution in [-0.4, -0.2) is 28.1 Å². The smallest absolute Gasteiger partial charge is 0.234 e. The second-order valence-corrected chi connectivity index (χ2v) is 7.40. The molecular weight excluding hydrogens is 330 g/mol. The van der Waals surface area contributed by atoms with Crippen LogP contribution >= 0.6 is 11.8 Å². The summed E-state index contributed by atoms with van der Waals surface area (Å²) >= 11 is 1.43. The number of aryl methyl sites for hydroxylation is 1. The Balaban J connectivity index is 1.66. The molecule has 0 radical (unpaired) electrons. The van der Waals surface area contributed by atoms with Crippen molar-refractivity contribution in [2.24, 2.45) is 9.98 Å². The van der Waals surface area contributed by atoms with Crippen molar-refractivity contribution in [3.63, 3.8) is 0 Å². The first-order valence-corrected chi connectivity index (χ1v) is 9.16. The Hall–Kier alpha value is -2.40. The number of nitrogens with one attached hydrogen (secondary N) is 1. The van der Waals surface area contributed by atoms with Crippen LogP contribution in [0.1, 0.15) is 25.0 Å². The lowest BCUT2D eigenvalue weighted by Gasteiger charge is -2.07. The van der Waals surface area contributed by atoms with Gasteiger partial charge < -0.3 is 5.32 Å². The van der Waals surface area contributed by atoms with Gasteiger partial charge in [0.05, 0.1) is 11.5 Å². The average molecular weight is 351 g/mol. The van der Waals surface area contributed by atoms with Gasteiger partial charge in [0.2, 0.25) is 5.91 Å². The van der Waals surface area contributed by atoms with Gasteiger partial charge in [-0.1, -0.05) is 59.8 Å². The molecule has 5 heteroatoms. The molecule has 0 unspecified atom stereocenters. The van der Waals surface area contributed by atoms with Gasteiger partial charge in [-0.05, 0) is 32.9 Å². The molecule has 128 valence electrons. The highest BCUT2D eigenvalue weighted by Gasteiger charge is 2.28. The van der Waals surface area contributed by atoms with E-state index < -0.39 is 5.66 Å². The largest absolute Gasteiger partial charge is 0.325 e. The maximum absolute atomic E-state index is 12.2. The van der Waals surface area contributed by atoms with Crippen LogP contribution in [0.15, 0.2) is 64.6 Å². The van der Waals surface area contributed by atoms with E-state index in [0.29, 0.717) is 5.75 Å². The molecule has 2 aromatic rings. The van der Waals surface area contributed by atoms with Crippen molar-refractivity contribution in [3.8, 4) is 0 Å². The Labute approximate surface area is 152 Å². The highest BCUT2D eigenvalue weighted by molar-refractivity contribution is 8.16. The van der Waals surface area contributed by atoms with Crippen molar-refractivity contribution in [3.05, 3.63) is 65.7 Å². The van der Waals surface area contributed by atoms with E-state index in [1.165, 1.54) is 17.3 Å². The zero-order valence-electron chi connectivity index (χ0n) is 14.6. The van der Waals surface area contributed by atoms with Crippen LogP contribution in [0.5, 0.6) is 0 Å². The number of thioether (sulfide) groups is 1. The third-order valence-corrected chi connectivity index (χ3v) is 4.65. The van der Waals surface area contributed by atoms with E-state index in [1.807, 2.05) is 75.4 Å². The number of amides is 1. The number of carbonyl (C=O) groups is 1. The minimum absolute atomic E-state index is 0.0475. The van der Waals surface area contributed by atoms with Crippen molar-refractivity contribution < 1.29 is 4.79 Å². The molecule has 0 saturated heterocycles. The molecule has 0 spiro atoms. The van der Waals surface area contributed by atoms with Crippen molar-refractivity contribution in [2.75, 3.05) is 11.1 Å². The van der Waals surface area contributed by atoms with E-state index in [9.17, 15) is 4.79 Å². The fraction of sp³-hybridized carbons (Fsp3) is 0.250. The summed E-state index contributed by atoms with van der Waals surface area (Å²) in [5.41, 5.74) is 3.37. The summed E-state index contributed by atoms with van der Waals surface area (Å²) in [5, 5.41) is 3.73. The Morgan fingerprint density at radius 1 is 1.04 bits per heavy atom. The molecule has 0 fully saturated rings. The summed E-state index contributed by atoms with van der Waals surface area (Å²) in [6.07, 6.45) is 0. The SMILES string of the molecule is Cc1ccc(NC(=O)CSC2=NC(C)(C)N=C2c2ccccc2)cc1. The summed E-state index contributed by atoms with van der Waals surface area (Å²) in [7, 11) is 0. The van der Waals surface area contributed by atoms with Gasteiger partial charge in [-0.25, -0.2) is 4.99 Å². The average Bonchev–Trinajstić information content (AvgIpc) is 2.91. The Morgan fingerprint density at radius 3 is 2.40 bits per heavy atom. The number of nitrogens with zero attached hydrogens (tertiary/aromatic N) is 2. The minimum atomic E-state index is -0.485. The number of anilines is 1. The van der Waals surface area contributed by atoms with Gasteiger partial charge in [0.1, 0.15) is 10.7 Å². The van der Waals surface area contributed by atoms with Crippen molar-refractivity contribution >= 4 is 34.1 Å². The van der Waals surface area contributed by atoms with Gasteiger partial charge in [0, 0.05) is 11.3 Å². The first-order valence-electron chi connectivity index (χ1n) is 8.18. The summed E-state index contributed by atoms with van der Waals surface area (Å²) in [6, 6.07) is 17.7. The fourth-order valence-electron chi connectivity index (χ4n) is 2.50. The first kappa shape index (κ1) is 17.4. The van der Waals surface area contributed by atoms with Gasteiger partial charge in [-0.3, -0.25) is 9.79 Å². The van der Waals surface area contributed by atoms with Gasteiger partial charge in [0.15, 0.2) is 0 Å². The topological polar surface area (TPSA) is 53.8 Å². The predicted octanol–water partition coefficient (Wildman–Crippen LogP) is 4.30. The normalized spacial score (nSPS) is 15.5. The quantitative estimate of drug-likeness (QED) is 0.893. The van der Waals surface area contributed by atoms with Crippen molar-refractivity contribution in [1.29, 1.82) is 0 Å². The van der Waals surface area contributed by atoms with E-state index in [4.69, 9.17) is 4.99 Å². The van der Waals surface area contributed by atoms with E-state index in [2.05, 4.69) is 10.3 Å². The van der Waals surface area contributed by atoms with Crippen molar-refractivity contribution in [2.45, 2.75) is 26.4 Å². The molecule has 0 atom stereocenters. The fourth-order valence-corrected chi connectivity index (χ4v) is 3.43. The molecule has 2 aromatic carbocycles. The third-order valence-electron chi connectivity index (χ3n) is 3.69. The number of carbonyl (C=O) groups excluding carboxylic acids is 1. The van der Waals surface area contributed by atoms with Gasteiger partial charge >= 0.3 is 0 Å². The number of hydrogen-bond donors (Lipinski definition) is 1. The minimum Gasteiger partial charge on any atom is -0.325 e. The Bertz CT molecular complexity index is 824. The van der Waals surface area contributed by atoms with Crippen LogP contribution in [-0.2, 0) is 4.79 Å². The van der Waals surface area contributed by atoms with Crippen LogP contribution in [0, 0.1) is 6.92 Å². The zero-order valence-corrected chi connectivity index (χ0v) is 15.4. The Morgan fingerprint density at radius 2 is 1.72 bits per heavy atom. The molecule has 1 amide bonds. The van der Waals surface area contributed by atoms with Crippen LogP contribution in [0.3, 0.4) is 0 Å². The summed E-state index contributed by atoms with van der Waals surface area (Å²) in [4.78, 5) is 21.6. The molecule has 1 heterocycles. The second-order valence-electron chi connectivity index (χ2n) is 6.44. The van der Waals surface area contributed by atoms with Crippen LogP contribution in [0.2, 0.25) is 0 Å². The van der Waals surface area contributed by atoms with Gasteiger partial charge in [0.25, 0.3) is 0 Å². The van der Waals surface area contributed by atoms with Gasteiger partial charge in [-0.15, -0.1) is 0 Å². The second kappa shape index (κ2) is 7.23. The molecule has 1 aliphatic rings. The van der Waals surface area contributed by atoms with Crippen LogP contribution in [0.25, 0.3) is 0 Å². The molecular formula is C20H21N3OS. The lowest BCUT2D eigenvalue weighted by molar-refractivity contribution is -0.113. The number of aliphatic imine (C=N–C) groups is 2. The number of benzene rings is 2. The number of hydrogen-bond acceptors (Lipinski definition) is 4. The zero-order chi connectivity index (χ0) is 17.9. The van der Waals surface area contributed by atoms with Crippen molar-refractivity contribution in [1.82, 2.24) is 0 Å². The summed E-state index contributed by atoms with van der Waals surface area (Å²) in [6.45, 7) is 5.96. The van der Waals surface area contributed by atoms with E-state index >= 15 is 0 Å². The standard InChI is InChI=1S/C20H21N3OS/c1-14-9-11-16(12-10-14)21-17(24)13-25-19-18(22-20(2,3)23-19)15-7-5-4-6-8-15/h4-12H,13H2,1-3H3,(H,21,24). The van der Waals surface area contributed by atoms with E-state index in [0.717, 1.165) is 22.0 Å². The van der Waals surface area contributed by atoms with E-state index in [1.54, 1.807) is 0 Å². The maximum atomic E-state index is 12.2. The molecule has 4 nitrogen and oxygen atoms in total. The lowest BCUT2D eigenvalue weighted by Crippen LogP contribution is -2.17. The predicted molar refractivity (Wildman–Crippen MR) is 107 cm³/mol. The molecule has 3 rings (SSSR count). The molecule has 0 aliphatic carbocycles. The third kappa shape index (κ3) is 4.57. The molecule has 0 saturated carbocycles. The van der Waals surface area contributed by atoms with Crippen LogP contribution in [0.4, 0.5) is 5.69 Å². The van der Waals surface area contributed by atoms with E-state index in [-0.39, 0.29) is 5.91 Å². The molecule has 25 heavy (non-hydrogen) atoms. The highest BCUT2D eigenvalue weighted by Crippen LogP contribution is 2.26.